The van der Waals surface area contributed by atoms with Crippen molar-refractivity contribution in [3.05, 3.63) is 23.7 Å². The first-order valence-electron chi connectivity index (χ1n) is 6.56. The van der Waals surface area contributed by atoms with Gasteiger partial charge in [0.15, 0.2) is 0 Å². The van der Waals surface area contributed by atoms with Gasteiger partial charge < -0.3 is 9.73 Å². The molecule has 0 aromatic carbocycles. The van der Waals surface area contributed by atoms with E-state index in [1.165, 1.54) is 6.92 Å². The van der Waals surface area contributed by atoms with Crippen LogP contribution in [-0.4, -0.2) is 30.7 Å². The first kappa shape index (κ1) is 18.0. The molecule has 0 radical (unpaired) electrons. The Labute approximate surface area is 125 Å². The van der Waals surface area contributed by atoms with E-state index in [2.05, 4.69) is 5.32 Å². The molecule has 124 valence electrons. The number of aryl methyl sites for hydroxylation is 1. The average Bonchev–Trinajstić information content (AvgIpc) is 2.82. The highest BCUT2D eigenvalue weighted by atomic mass is 19.4. The highest BCUT2D eigenvalue weighted by Gasteiger charge is 2.28. The van der Waals surface area contributed by atoms with Gasteiger partial charge >= 0.3 is 12.2 Å². The van der Waals surface area contributed by atoms with E-state index in [-0.39, 0.29) is 6.04 Å². The Kier molecular flexibility index (Phi) is 5.98. The quantitative estimate of drug-likeness (QED) is 0.775. The van der Waals surface area contributed by atoms with Gasteiger partial charge in [0.2, 0.25) is 5.91 Å². The summed E-state index contributed by atoms with van der Waals surface area (Å²) in [5, 5.41) is 6.27. The van der Waals surface area contributed by atoms with E-state index < -0.39 is 30.7 Å². The van der Waals surface area contributed by atoms with Gasteiger partial charge in [-0.1, -0.05) is 0 Å². The van der Waals surface area contributed by atoms with Gasteiger partial charge in [-0.05, 0) is 32.9 Å². The molecule has 0 saturated heterocycles. The molecule has 1 aromatic rings. The van der Waals surface area contributed by atoms with E-state index in [9.17, 15) is 22.8 Å². The molecule has 2 atom stereocenters. The zero-order chi connectivity index (χ0) is 16.9. The number of nitrogens with one attached hydrogen (secondary N) is 3. The van der Waals surface area contributed by atoms with Gasteiger partial charge in [-0.25, -0.2) is 4.79 Å². The van der Waals surface area contributed by atoms with Gasteiger partial charge in [0.25, 0.3) is 0 Å². The minimum absolute atomic E-state index is 0.298. The molecule has 6 nitrogen and oxygen atoms in total. The molecule has 3 N–H and O–H groups in total. The number of rotatable bonds is 5. The van der Waals surface area contributed by atoms with Crippen molar-refractivity contribution in [2.24, 2.45) is 0 Å². The van der Waals surface area contributed by atoms with Crippen molar-refractivity contribution < 1.29 is 27.2 Å². The maximum absolute atomic E-state index is 11.9. The molecule has 0 fully saturated rings. The van der Waals surface area contributed by atoms with Crippen LogP contribution < -0.4 is 16.0 Å². The molecule has 1 aromatic heterocycles. The molecule has 2 unspecified atom stereocenters. The summed E-state index contributed by atoms with van der Waals surface area (Å²) in [5.41, 5.74) is 0. The van der Waals surface area contributed by atoms with E-state index in [1.54, 1.807) is 31.3 Å². The van der Waals surface area contributed by atoms with Crippen LogP contribution >= 0.6 is 0 Å². The zero-order valence-corrected chi connectivity index (χ0v) is 12.4. The number of carbonyl (C=O) groups excluding carboxylic acids is 2. The normalized spacial score (nSPS) is 14.3. The highest BCUT2D eigenvalue weighted by Crippen LogP contribution is 2.16. The third-order valence-electron chi connectivity index (χ3n) is 2.77. The first-order chi connectivity index (χ1) is 10.1. The standard InChI is InChI=1S/C13H18F3N3O3/c1-7-4-5-10(22-7)8(2)18-9(3)11(20)19-12(21)17-6-13(14,15)16/h4-5,8-9,18H,6H2,1-3H3,(H2,17,19,20,21). The van der Waals surface area contributed by atoms with E-state index >= 15 is 0 Å². The molecule has 0 bridgehead atoms. The third-order valence-corrected chi connectivity index (χ3v) is 2.77. The third kappa shape index (κ3) is 6.17. The fraction of sp³-hybridized carbons (Fsp3) is 0.538. The van der Waals surface area contributed by atoms with Crippen molar-refractivity contribution >= 4 is 11.9 Å². The van der Waals surface area contributed by atoms with Crippen molar-refractivity contribution in [1.82, 2.24) is 16.0 Å². The number of urea groups is 1. The van der Waals surface area contributed by atoms with E-state index in [1.807, 2.05) is 5.32 Å². The predicted molar refractivity (Wildman–Crippen MR) is 72.1 cm³/mol. The van der Waals surface area contributed by atoms with Crippen LogP contribution in [0.5, 0.6) is 0 Å². The molecule has 0 spiro atoms. The summed E-state index contributed by atoms with van der Waals surface area (Å²) < 4.78 is 41.2. The number of hydrogen-bond donors (Lipinski definition) is 3. The summed E-state index contributed by atoms with van der Waals surface area (Å²) in [4.78, 5) is 22.9. The smallest absolute Gasteiger partial charge is 0.405 e. The molecule has 0 saturated carbocycles. The Morgan fingerprint density at radius 1 is 1.27 bits per heavy atom. The van der Waals surface area contributed by atoms with E-state index in [0.717, 1.165) is 0 Å². The summed E-state index contributed by atoms with van der Waals surface area (Å²) in [5.74, 6) is 0.584. The first-order valence-corrected chi connectivity index (χ1v) is 6.56. The summed E-state index contributed by atoms with van der Waals surface area (Å²) in [6.45, 7) is 3.51. The molecular formula is C13H18F3N3O3. The van der Waals surface area contributed by atoms with Gasteiger partial charge in [-0.15, -0.1) is 0 Å². The van der Waals surface area contributed by atoms with Crippen LogP contribution in [0, 0.1) is 6.92 Å². The Hall–Kier alpha value is -2.03. The Balaban J connectivity index is 2.43. The van der Waals surface area contributed by atoms with Crippen LogP contribution in [0.2, 0.25) is 0 Å². The maximum Gasteiger partial charge on any atom is 0.405 e. The lowest BCUT2D eigenvalue weighted by atomic mass is 10.2. The van der Waals surface area contributed by atoms with Gasteiger partial charge in [0.1, 0.15) is 18.1 Å². The molecule has 3 amide bonds. The number of alkyl halides is 3. The van der Waals surface area contributed by atoms with Crippen molar-refractivity contribution in [2.75, 3.05) is 6.54 Å². The SMILES string of the molecule is Cc1ccc(C(C)NC(C)C(=O)NC(=O)NCC(F)(F)F)o1. The maximum atomic E-state index is 11.9. The van der Waals surface area contributed by atoms with E-state index in [4.69, 9.17) is 4.42 Å². The Morgan fingerprint density at radius 2 is 1.91 bits per heavy atom. The lowest BCUT2D eigenvalue weighted by Crippen LogP contribution is -2.49. The minimum atomic E-state index is -4.53. The fourth-order valence-electron chi connectivity index (χ4n) is 1.66. The number of halogens is 3. The summed E-state index contributed by atoms with van der Waals surface area (Å²) in [7, 11) is 0. The van der Waals surface area contributed by atoms with Crippen LogP contribution in [0.1, 0.15) is 31.4 Å². The lowest BCUT2D eigenvalue weighted by Gasteiger charge is -2.18. The summed E-state index contributed by atoms with van der Waals surface area (Å²) in [6.07, 6.45) is -4.53. The highest BCUT2D eigenvalue weighted by molar-refractivity contribution is 5.96. The molecule has 1 rings (SSSR count). The monoisotopic (exact) mass is 321 g/mol. The van der Waals surface area contributed by atoms with Crippen LogP contribution in [0.4, 0.5) is 18.0 Å². The zero-order valence-electron chi connectivity index (χ0n) is 12.4. The van der Waals surface area contributed by atoms with Gasteiger partial charge in [-0.2, -0.15) is 13.2 Å². The fourth-order valence-corrected chi connectivity index (χ4v) is 1.66. The molecule has 0 aliphatic heterocycles. The summed E-state index contributed by atoms with van der Waals surface area (Å²) >= 11 is 0. The van der Waals surface area contributed by atoms with Crippen molar-refractivity contribution in [2.45, 2.75) is 39.0 Å². The molecule has 1 heterocycles. The number of carbonyl (C=O) groups is 2. The Bertz CT molecular complexity index is 528. The second kappa shape index (κ2) is 7.30. The number of imide groups is 1. The van der Waals surface area contributed by atoms with Crippen LogP contribution in [0.15, 0.2) is 16.5 Å². The molecule has 9 heteroatoms. The van der Waals surface area contributed by atoms with Crippen LogP contribution in [0.3, 0.4) is 0 Å². The largest absolute Gasteiger partial charge is 0.465 e. The van der Waals surface area contributed by atoms with Crippen LogP contribution in [-0.2, 0) is 4.79 Å². The van der Waals surface area contributed by atoms with Crippen molar-refractivity contribution in [3.8, 4) is 0 Å². The number of furan rings is 1. The lowest BCUT2D eigenvalue weighted by molar-refractivity contribution is -0.125. The summed E-state index contributed by atoms with van der Waals surface area (Å²) in [6, 6.07) is 1.22. The Morgan fingerprint density at radius 3 is 2.41 bits per heavy atom. The second-order valence-corrected chi connectivity index (χ2v) is 4.85. The molecular weight excluding hydrogens is 303 g/mol. The van der Waals surface area contributed by atoms with Crippen LogP contribution in [0.25, 0.3) is 0 Å². The molecule has 0 aliphatic carbocycles. The second-order valence-electron chi connectivity index (χ2n) is 4.85. The van der Waals surface area contributed by atoms with E-state index in [0.29, 0.717) is 11.5 Å². The molecule has 22 heavy (non-hydrogen) atoms. The van der Waals surface area contributed by atoms with Crippen molar-refractivity contribution in [3.63, 3.8) is 0 Å². The minimum Gasteiger partial charge on any atom is -0.465 e. The number of hydrogen-bond acceptors (Lipinski definition) is 4. The average molecular weight is 321 g/mol. The van der Waals surface area contributed by atoms with Gasteiger partial charge in [0.05, 0.1) is 12.1 Å². The molecule has 0 aliphatic rings. The predicted octanol–water partition coefficient (Wildman–Crippen LogP) is 2.02. The van der Waals surface area contributed by atoms with Gasteiger partial charge in [-0.3, -0.25) is 15.4 Å². The van der Waals surface area contributed by atoms with Gasteiger partial charge in [0, 0.05) is 0 Å². The number of amides is 3. The topological polar surface area (TPSA) is 83.4 Å². The van der Waals surface area contributed by atoms with Crippen molar-refractivity contribution in [1.29, 1.82) is 0 Å².